The summed E-state index contributed by atoms with van der Waals surface area (Å²) >= 11 is 0. The zero-order valence-electron chi connectivity index (χ0n) is 16.9. The smallest absolute Gasteiger partial charge is 0.329 e. The van der Waals surface area contributed by atoms with Gasteiger partial charge in [-0.25, -0.2) is 9.59 Å². The van der Waals surface area contributed by atoms with E-state index in [0.717, 1.165) is 50.0 Å². The maximum atomic E-state index is 11.8. The SMILES string of the molecule is COC(=O)CC(=O)NC(CSSCC(NC(=O)CC(=O)OC)C(=O)OC)C(=O)OC. The summed E-state index contributed by atoms with van der Waals surface area (Å²) < 4.78 is 18.0. The number of carbonyl (C=O) groups is 6. The van der Waals surface area contributed by atoms with E-state index in [-0.39, 0.29) is 11.5 Å². The minimum atomic E-state index is -1.05. The molecule has 2 amide bonds. The largest absolute Gasteiger partial charge is 0.469 e. The lowest BCUT2D eigenvalue weighted by molar-refractivity contribution is -0.148. The van der Waals surface area contributed by atoms with Crippen LogP contribution >= 0.6 is 21.6 Å². The Bertz CT molecular complexity index is 590. The molecule has 0 radical (unpaired) electrons. The number of hydrogen-bond acceptors (Lipinski definition) is 12. The number of hydrogen-bond donors (Lipinski definition) is 2. The van der Waals surface area contributed by atoms with E-state index in [1.54, 1.807) is 0 Å². The Morgan fingerprint density at radius 3 is 1.23 bits per heavy atom. The second kappa shape index (κ2) is 15.4. The Hall–Kier alpha value is -2.48. The van der Waals surface area contributed by atoms with Crippen molar-refractivity contribution in [3.8, 4) is 0 Å². The van der Waals surface area contributed by atoms with Crippen LogP contribution in [0.4, 0.5) is 0 Å². The first-order valence-electron chi connectivity index (χ1n) is 8.30. The molecule has 30 heavy (non-hydrogen) atoms. The molecule has 0 saturated heterocycles. The zero-order chi connectivity index (χ0) is 23.1. The van der Waals surface area contributed by atoms with Gasteiger partial charge >= 0.3 is 23.9 Å². The van der Waals surface area contributed by atoms with Crippen LogP contribution in [-0.4, -0.2) is 87.7 Å². The van der Waals surface area contributed by atoms with E-state index in [4.69, 9.17) is 0 Å². The number of ether oxygens (including phenoxy) is 4. The number of esters is 4. The van der Waals surface area contributed by atoms with Gasteiger partial charge in [0, 0.05) is 11.5 Å². The van der Waals surface area contributed by atoms with Gasteiger partial charge in [0.05, 0.1) is 28.4 Å². The van der Waals surface area contributed by atoms with Crippen molar-refractivity contribution in [3.63, 3.8) is 0 Å². The summed E-state index contributed by atoms with van der Waals surface area (Å²) in [6.07, 6.45) is -1.11. The van der Waals surface area contributed by atoms with Gasteiger partial charge < -0.3 is 29.6 Å². The molecule has 0 fully saturated rings. The quantitative estimate of drug-likeness (QED) is 0.109. The molecule has 0 aliphatic rings. The Morgan fingerprint density at radius 2 is 0.967 bits per heavy atom. The van der Waals surface area contributed by atoms with E-state index in [0.29, 0.717) is 0 Å². The molecule has 0 spiro atoms. The van der Waals surface area contributed by atoms with Gasteiger partial charge in [-0.1, -0.05) is 21.6 Å². The standard InChI is InChI=1S/C16H24N2O10S2/c1-25-13(21)5-11(19)17-9(15(23)27-3)7-29-30-8-10(16(24)28-4)18-12(20)6-14(22)26-2/h9-10H,5-8H2,1-4H3,(H,17,19)(H,18,20). The molecule has 170 valence electrons. The van der Waals surface area contributed by atoms with E-state index in [9.17, 15) is 28.8 Å². The predicted molar refractivity (Wildman–Crippen MR) is 106 cm³/mol. The van der Waals surface area contributed by atoms with Crippen molar-refractivity contribution in [2.24, 2.45) is 0 Å². The summed E-state index contributed by atoms with van der Waals surface area (Å²) in [6, 6.07) is -2.09. The second-order valence-corrected chi connectivity index (χ2v) is 7.91. The highest BCUT2D eigenvalue weighted by Crippen LogP contribution is 2.23. The van der Waals surface area contributed by atoms with Crippen molar-refractivity contribution in [3.05, 3.63) is 0 Å². The number of nitrogens with one attached hydrogen (secondary N) is 2. The molecule has 0 bridgehead atoms. The van der Waals surface area contributed by atoms with E-state index >= 15 is 0 Å². The Labute approximate surface area is 180 Å². The highest BCUT2D eigenvalue weighted by molar-refractivity contribution is 8.76. The molecule has 0 rings (SSSR count). The zero-order valence-corrected chi connectivity index (χ0v) is 18.5. The first-order chi connectivity index (χ1) is 14.2. The van der Waals surface area contributed by atoms with Crippen molar-refractivity contribution in [2.45, 2.75) is 24.9 Å². The highest BCUT2D eigenvalue weighted by atomic mass is 33.1. The van der Waals surface area contributed by atoms with Crippen LogP contribution in [-0.2, 0) is 47.7 Å². The van der Waals surface area contributed by atoms with Gasteiger partial charge in [-0.2, -0.15) is 0 Å². The molecule has 12 nitrogen and oxygen atoms in total. The van der Waals surface area contributed by atoms with Crippen LogP contribution in [0.3, 0.4) is 0 Å². The molecule has 0 aliphatic heterocycles. The van der Waals surface area contributed by atoms with Crippen LogP contribution in [0.25, 0.3) is 0 Å². The summed E-state index contributed by atoms with van der Waals surface area (Å²) in [5.41, 5.74) is 0. The maximum absolute atomic E-state index is 11.8. The van der Waals surface area contributed by atoms with Crippen LogP contribution in [0.5, 0.6) is 0 Å². The Kier molecular flexibility index (Phi) is 14.1. The monoisotopic (exact) mass is 468 g/mol. The topological polar surface area (TPSA) is 163 Å². The summed E-state index contributed by atoms with van der Waals surface area (Å²) in [4.78, 5) is 69.4. The first kappa shape index (κ1) is 27.5. The summed E-state index contributed by atoms with van der Waals surface area (Å²) in [6.45, 7) is 0. The minimum absolute atomic E-state index is 0.0499. The van der Waals surface area contributed by atoms with E-state index in [1.165, 1.54) is 0 Å². The molecule has 0 aliphatic carbocycles. The van der Waals surface area contributed by atoms with Crippen LogP contribution < -0.4 is 10.6 Å². The molecule has 0 aromatic heterocycles. The molecule has 0 saturated carbocycles. The molecule has 0 aromatic carbocycles. The van der Waals surface area contributed by atoms with Crippen molar-refractivity contribution >= 4 is 57.3 Å². The van der Waals surface area contributed by atoms with Gasteiger partial charge in [0.15, 0.2) is 0 Å². The molecule has 2 N–H and O–H groups in total. The second-order valence-electron chi connectivity index (χ2n) is 5.36. The molecular weight excluding hydrogens is 444 g/mol. The van der Waals surface area contributed by atoms with Crippen LogP contribution in [0.1, 0.15) is 12.8 Å². The lowest BCUT2D eigenvalue weighted by atomic mass is 10.3. The molecule has 0 aromatic rings. The van der Waals surface area contributed by atoms with Gasteiger partial charge in [-0.3, -0.25) is 19.2 Å². The van der Waals surface area contributed by atoms with Crippen molar-refractivity contribution < 1.29 is 47.7 Å². The van der Waals surface area contributed by atoms with Crippen molar-refractivity contribution in [1.82, 2.24) is 10.6 Å². The van der Waals surface area contributed by atoms with Gasteiger partial charge in [0.1, 0.15) is 24.9 Å². The lowest BCUT2D eigenvalue weighted by Crippen LogP contribution is -2.44. The molecule has 2 unspecified atom stereocenters. The first-order valence-corrected chi connectivity index (χ1v) is 10.8. The molecule has 14 heteroatoms. The van der Waals surface area contributed by atoms with Crippen LogP contribution in [0.2, 0.25) is 0 Å². The highest BCUT2D eigenvalue weighted by Gasteiger charge is 2.25. The average Bonchev–Trinajstić information content (AvgIpc) is 2.73. The van der Waals surface area contributed by atoms with Gasteiger partial charge in [0.25, 0.3) is 0 Å². The number of carbonyl (C=O) groups excluding carboxylic acids is 6. The average molecular weight is 469 g/mol. The van der Waals surface area contributed by atoms with Gasteiger partial charge in [-0.15, -0.1) is 0 Å². The number of methoxy groups -OCH3 is 4. The minimum Gasteiger partial charge on any atom is -0.469 e. The number of amides is 2. The Balaban J connectivity index is 4.69. The Morgan fingerprint density at radius 1 is 0.633 bits per heavy atom. The van der Waals surface area contributed by atoms with Gasteiger partial charge in [0.2, 0.25) is 11.8 Å². The number of rotatable bonds is 13. The fraction of sp³-hybridized carbons (Fsp3) is 0.625. The molecular formula is C16H24N2O10S2. The summed E-state index contributed by atoms with van der Waals surface area (Å²) in [5, 5.41) is 4.71. The lowest BCUT2D eigenvalue weighted by Gasteiger charge is -2.17. The van der Waals surface area contributed by atoms with Gasteiger partial charge in [-0.05, 0) is 0 Å². The fourth-order valence-electron chi connectivity index (χ4n) is 1.75. The fourth-order valence-corrected chi connectivity index (χ4v) is 4.05. The molecule has 0 heterocycles. The molecule has 2 atom stereocenters. The third-order valence-corrected chi connectivity index (χ3v) is 5.68. The van der Waals surface area contributed by atoms with Crippen molar-refractivity contribution in [2.75, 3.05) is 39.9 Å². The van der Waals surface area contributed by atoms with E-state index in [1.807, 2.05) is 0 Å². The third kappa shape index (κ3) is 11.5. The normalized spacial score (nSPS) is 12.0. The van der Waals surface area contributed by atoms with E-state index in [2.05, 4.69) is 29.6 Å². The third-order valence-electron chi connectivity index (χ3n) is 3.26. The maximum Gasteiger partial charge on any atom is 0.329 e. The van der Waals surface area contributed by atoms with Crippen molar-refractivity contribution in [1.29, 1.82) is 0 Å². The summed E-state index contributed by atoms with van der Waals surface area (Å²) in [5.74, 6) is -4.31. The predicted octanol–water partition coefficient (Wildman–Crippen LogP) is -1.19. The van der Waals surface area contributed by atoms with Crippen LogP contribution in [0.15, 0.2) is 0 Å². The summed E-state index contributed by atoms with van der Waals surface area (Å²) in [7, 11) is 6.75. The van der Waals surface area contributed by atoms with E-state index < -0.39 is 60.6 Å². The van der Waals surface area contributed by atoms with Crippen LogP contribution in [0, 0.1) is 0 Å².